The summed E-state index contributed by atoms with van der Waals surface area (Å²) >= 11 is 0. The first kappa shape index (κ1) is 60.4. The third-order valence-corrected chi connectivity index (χ3v) is 11.5. The highest BCUT2D eigenvalue weighted by Crippen LogP contribution is 2.43. The number of amides is 1. The molecule has 0 saturated heterocycles. The standard InChI is InChI=1S/C54H95N2O6P/c1-6-8-10-12-14-16-18-20-22-23-24-25-26-27-28-29-30-31-32-33-34-36-38-40-42-44-46-48-54(58)55-52(51-62-63(59,60)61-50-49-56(3,4)5)53(57)47-45-43-41-39-37-35-21-19-17-15-13-11-9-7-2/h8,10,14,16-17,19-20,22,24-25,27-28,37,39,45,47,52-53,57H,6-7,9,11-13,15,18,21,23,26,29-36,38,40-44,46,48-51H2,1-5H3,(H-,55,58,59,60)/p+1/b10-8-,16-14-,19-17+,22-20-,25-24-,28-27-,39-37+,47-45+. The number of aliphatic hydroxyl groups excluding tert-OH is 1. The van der Waals surface area contributed by atoms with E-state index in [-0.39, 0.29) is 19.1 Å². The Balaban J connectivity index is 4.30. The lowest BCUT2D eigenvalue weighted by Gasteiger charge is -2.25. The average molecular weight is 900 g/mol. The molecule has 0 fully saturated rings. The quantitative estimate of drug-likeness (QED) is 0.0243. The summed E-state index contributed by atoms with van der Waals surface area (Å²) in [5.41, 5.74) is 0. The zero-order valence-corrected chi connectivity index (χ0v) is 41.9. The van der Waals surface area contributed by atoms with Crippen molar-refractivity contribution < 1.29 is 32.9 Å². The second kappa shape index (κ2) is 44.6. The van der Waals surface area contributed by atoms with Crippen molar-refractivity contribution in [1.29, 1.82) is 0 Å². The van der Waals surface area contributed by atoms with Crippen LogP contribution in [-0.2, 0) is 18.4 Å². The molecule has 0 aliphatic carbocycles. The Morgan fingerprint density at radius 1 is 0.556 bits per heavy atom. The summed E-state index contributed by atoms with van der Waals surface area (Å²) < 4.78 is 23.6. The molecule has 0 radical (unpaired) electrons. The van der Waals surface area contributed by atoms with Gasteiger partial charge in [-0.05, 0) is 89.9 Å². The van der Waals surface area contributed by atoms with Gasteiger partial charge in [-0.3, -0.25) is 13.8 Å². The summed E-state index contributed by atoms with van der Waals surface area (Å²) in [5, 5.41) is 13.8. The lowest BCUT2D eigenvalue weighted by molar-refractivity contribution is -0.870. The number of hydrogen-bond acceptors (Lipinski definition) is 5. The summed E-state index contributed by atoms with van der Waals surface area (Å²) in [6, 6.07) is -0.876. The fourth-order valence-electron chi connectivity index (χ4n) is 6.57. The van der Waals surface area contributed by atoms with Crippen LogP contribution < -0.4 is 5.32 Å². The summed E-state index contributed by atoms with van der Waals surface area (Å²) in [6.07, 6.45) is 63.5. The minimum absolute atomic E-state index is 0.0482. The Labute approximate surface area is 388 Å². The number of phosphoric ester groups is 1. The molecule has 0 spiro atoms. The van der Waals surface area contributed by atoms with E-state index in [0.29, 0.717) is 17.4 Å². The number of nitrogens with zero attached hydrogens (tertiary/aromatic N) is 1. The largest absolute Gasteiger partial charge is 0.472 e. The summed E-state index contributed by atoms with van der Waals surface area (Å²) in [6.45, 7) is 4.63. The molecule has 3 atom stereocenters. The van der Waals surface area contributed by atoms with Crippen molar-refractivity contribution in [3.63, 3.8) is 0 Å². The van der Waals surface area contributed by atoms with Gasteiger partial charge in [-0.15, -0.1) is 0 Å². The van der Waals surface area contributed by atoms with E-state index in [4.69, 9.17) is 9.05 Å². The van der Waals surface area contributed by atoms with Gasteiger partial charge in [0.2, 0.25) is 5.91 Å². The Hall–Kier alpha value is -2.58. The van der Waals surface area contributed by atoms with Gasteiger partial charge in [0.1, 0.15) is 13.2 Å². The average Bonchev–Trinajstić information content (AvgIpc) is 3.24. The second-order valence-corrected chi connectivity index (χ2v) is 19.2. The molecule has 0 rings (SSSR count). The van der Waals surface area contributed by atoms with E-state index in [1.165, 1.54) is 89.9 Å². The van der Waals surface area contributed by atoms with Crippen LogP contribution in [0.2, 0.25) is 0 Å². The molecule has 0 heterocycles. The number of carbonyl (C=O) groups excluding carboxylic acids is 1. The van der Waals surface area contributed by atoms with E-state index in [1.54, 1.807) is 6.08 Å². The molecule has 1 amide bonds. The molecule has 0 aromatic carbocycles. The molecule has 0 aromatic heterocycles. The minimum atomic E-state index is -4.36. The highest BCUT2D eigenvalue weighted by atomic mass is 31.2. The lowest BCUT2D eigenvalue weighted by atomic mass is 10.0. The number of carbonyl (C=O) groups is 1. The normalized spacial score (nSPS) is 15.0. The minimum Gasteiger partial charge on any atom is -0.387 e. The van der Waals surface area contributed by atoms with Gasteiger partial charge in [0.15, 0.2) is 0 Å². The molecular weight excluding hydrogens is 804 g/mol. The van der Waals surface area contributed by atoms with E-state index in [9.17, 15) is 19.4 Å². The van der Waals surface area contributed by atoms with Crippen LogP contribution >= 0.6 is 7.82 Å². The Morgan fingerprint density at radius 2 is 0.968 bits per heavy atom. The van der Waals surface area contributed by atoms with Crippen molar-refractivity contribution >= 4 is 13.7 Å². The Morgan fingerprint density at radius 3 is 1.46 bits per heavy atom. The molecule has 3 unspecified atom stereocenters. The molecule has 0 aliphatic heterocycles. The van der Waals surface area contributed by atoms with E-state index in [1.807, 2.05) is 27.2 Å². The molecule has 0 aromatic rings. The summed E-state index contributed by atoms with van der Waals surface area (Å²) in [5.74, 6) is -0.200. The lowest BCUT2D eigenvalue weighted by Crippen LogP contribution is -2.45. The number of aliphatic hydroxyl groups is 1. The number of unbranched alkanes of at least 4 members (excludes halogenated alkanes) is 17. The summed E-state index contributed by atoms with van der Waals surface area (Å²) in [4.78, 5) is 23.2. The van der Waals surface area contributed by atoms with Gasteiger partial charge in [0.25, 0.3) is 0 Å². The number of nitrogens with one attached hydrogen (secondary N) is 1. The van der Waals surface area contributed by atoms with Crippen LogP contribution in [0.15, 0.2) is 97.2 Å². The molecule has 8 nitrogen and oxygen atoms in total. The zero-order valence-electron chi connectivity index (χ0n) is 41.0. The van der Waals surface area contributed by atoms with Crippen molar-refractivity contribution in [3.8, 4) is 0 Å². The van der Waals surface area contributed by atoms with Gasteiger partial charge in [-0.1, -0.05) is 188 Å². The predicted octanol–water partition coefficient (Wildman–Crippen LogP) is 14.7. The van der Waals surface area contributed by atoms with Crippen LogP contribution in [0.1, 0.15) is 187 Å². The highest BCUT2D eigenvalue weighted by Gasteiger charge is 2.27. The third kappa shape index (κ3) is 47.2. The van der Waals surface area contributed by atoms with Crippen LogP contribution in [0.25, 0.3) is 0 Å². The van der Waals surface area contributed by atoms with Gasteiger partial charge in [-0.25, -0.2) is 4.57 Å². The van der Waals surface area contributed by atoms with Gasteiger partial charge < -0.3 is 19.8 Å². The number of allylic oxidation sites excluding steroid dienone is 15. The van der Waals surface area contributed by atoms with Crippen LogP contribution in [0, 0.1) is 0 Å². The Bertz CT molecular complexity index is 1340. The van der Waals surface area contributed by atoms with Crippen LogP contribution in [0.3, 0.4) is 0 Å². The fraction of sp³-hybridized carbons (Fsp3) is 0.685. The zero-order chi connectivity index (χ0) is 46.4. The first-order valence-corrected chi connectivity index (χ1v) is 26.6. The third-order valence-electron chi connectivity index (χ3n) is 10.5. The molecule has 0 saturated carbocycles. The van der Waals surface area contributed by atoms with Crippen LogP contribution in [-0.4, -0.2) is 73.4 Å². The van der Waals surface area contributed by atoms with E-state index in [2.05, 4.69) is 104 Å². The SMILES string of the molecule is CC/C=C\C/C=C\C/C=C\C/C=C\C/C=C\CCCCCCCCCCCCCC(=O)NC(COP(=O)(O)OCC[N+](C)(C)C)C(O)/C=C/CC/C=C/CC/C=C/CCCCCC. The first-order valence-electron chi connectivity index (χ1n) is 25.1. The van der Waals surface area contributed by atoms with Crippen LogP contribution in [0.5, 0.6) is 0 Å². The van der Waals surface area contributed by atoms with Gasteiger partial charge in [0, 0.05) is 6.42 Å². The molecule has 3 N–H and O–H groups in total. The van der Waals surface area contributed by atoms with Crippen molar-refractivity contribution in [2.45, 2.75) is 199 Å². The molecular formula is C54H96N2O6P+. The number of rotatable bonds is 44. The van der Waals surface area contributed by atoms with Crippen molar-refractivity contribution in [2.75, 3.05) is 40.9 Å². The number of likely N-dealkylation sites (N-methyl/N-ethyl adjacent to an activating group) is 1. The molecule has 0 bridgehead atoms. The van der Waals surface area contributed by atoms with E-state index < -0.39 is 20.0 Å². The molecule has 9 heteroatoms. The smallest absolute Gasteiger partial charge is 0.387 e. The van der Waals surface area contributed by atoms with Crippen molar-refractivity contribution in [2.24, 2.45) is 0 Å². The topological polar surface area (TPSA) is 105 Å². The first-order chi connectivity index (χ1) is 30.5. The van der Waals surface area contributed by atoms with Gasteiger partial charge in [-0.2, -0.15) is 0 Å². The number of hydrogen-bond donors (Lipinski definition) is 3. The van der Waals surface area contributed by atoms with Crippen LogP contribution in [0.4, 0.5) is 0 Å². The monoisotopic (exact) mass is 900 g/mol. The van der Waals surface area contributed by atoms with E-state index >= 15 is 0 Å². The predicted molar refractivity (Wildman–Crippen MR) is 272 cm³/mol. The molecule has 0 aliphatic rings. The maximum Gasteiger partial charge on any atom is 0.472 e. The number of phosphoric acid groups is 1. The molecule has 63 heavy (non-hydrogen) atoms. The Kier molecular flexibility index (Phi) is 42.8. The highest BCUT2D eigenvalue weighted by molar-refractivity contribution is 7.47. The van der Waals surface area contributed by atoms with E-state index in [0.717, 1.165) is 77.0 Å². The van der Waals surface area contributed by atoms with Gasteiger partial charge >= 0.3 is 7.82 Å². The maximum atomic E-state index is 12.9. The molecule has 362 valence electrons. The number of quaternary nitrogens is 1. The fourth-order valence-corrected chi connectivity index (χ4v) is 7.30. The van der Waals surface area contributed by atoms with Gasteiger partial charge in [0.05, 0.1) is 39.9 Å². The maximum absolute atomic E-state index is 12.9. The van der Waals surface area contributed by atoms with Crippen molar-refractivity contribution in [1.82, 2.24) is 5.32 Å². The van der Waals surface area contributed by atoms with Crippen molar-refractivity contribution in [3.05, 3.63) is 97.2 Å². The second-order valence-electron chi connectivity index (χ2n) is 17.8. The summed E-state index contributed by atoms with van der Waals surface area (Å²) in [7, 11) is 1.53.